The first-order valence-corrected chi connectivity index (χ1v) is 9.81. The van der Waals surface area contributed by atoms with Crippen molar-refractivity contribution >= 4 is 18.0 Å². The second kappa shape index (κ2) is 11.1. The molecule has 0 aliphatic heterocycles. The number of ether oxygens (including phenoxy) is 1. The van der Waals surface area contributed by atoms with E-state index in [1.807, 2.05) is 77.6 Å². The lowest BCUT2D eigenvalue weighted by Gasteiger charge is -2.02. The Kier molecular flexibility index (Phi) is 7.72. The minimum absolute atomic E-state index is 0.203. The molecule has 1 aromatic heterocycles. The third-order valence-electron chi connectivity index (χ3n) is 4.33. The molecule has 7 nitrogen and oxygen atoms in total. The number of esters is 1. The van der Waals surface area contributed by atoms with Gasteiger partial charge in [0.25, 0.3) is 5.91 Å². The maximum Gasteiger partial charge on any atom is 0.331 e. The number of nitriles is 1. The van der Waals surface area contributed by atoms with Crippen LogP contribution in [0, 0.1) is 11.3 Å². The number of hydrogen-bond acceptors (Lipinski definition) is 5. The largest absolute Gasteiger partial charge is 0.452 e. The lowest BCUT2D eigenvalue weighted by atomic mass is 10.1. The van der Waals surface area contributed by atoms with Crippen LogP contribution in [0.5, 0.6) is 0 Å². The molecule has 0 saturated heterocycles. The monoisotopic (exact) mass is 414 g/mol. The van der Waals surface area contributed by atoms with Gasteiger partial charge in [-0.2, -0.15) is 10.4 Å². The van der Waals surface area contributed by atoms with Gasteiger partial charge in [0.1, 0.15) is 0 Å². The van der Waals surface area contributed by atoms with E-state index in [4.69, 9.17) is 15.1 Å². The van der Waals surface area contributed by atoms with Gasteiger partial charge in [0.15, 0.2) is 6.61 Å². The molecule has 0 bridgehead atoms. The minimum Gasteiger partial charge on any atom is -0.452 e. The Morgan fingerprint density at radius 3 is 2.52 bits per heavy atom. The van der Waals surface area contributed by atoms with Gasteiger partial charge < -0.3 is 10.1 Å². The van der Waals surface area contributed by atoms with Crippen molar-refractivity contribution in [2.75, 3.05) is 13.2 Å². The first-order chi connectivity index (χ1) is 15.2. The zero-order chi connectivity index (χ0) is 21.9. The fraction of sp³-hybridized carbons (Fsp3) is 0.167. The van der Waals surface area contributed by atoms with Gasteiger partial charge in [0.05, 0.1) is 24.7 Å². The Morgan fingerprint density at radius 2 is 1.81 bits per heavy atom. The molecule has 3 aromatic rings. The van der Waals surface area contributed by atoms with Crippen molar-refractivity contribution in [1.29, 1.82) is 5.26 Å². The molecule has 156 valence electrons. The van der Waals surface area contributed by atoms with Gasteiger partial charge in [-0.3, -0.25) is 9.48 Å². The number of amides is 1. The van der Waals surface area contributed by atoms with Crippen molar-refractivity contribution in [2.24, 2.45) is 0 Å². The number of carbonyl (C=O) groups is 2. The summed E-state index contributed by atoms with van der Waals surface area (Å²) in [6, 6.07) is 21.6. The lowest BCUT2D eigenvalue weighted by Crippen LogP contribution is -2.29. The van der Waals surface area contributed by atoms with Crippen molar-refractivity contribution in [3.8, 4) is 17.3 Å². The summed E-state index contributed by atoms with van der Waals surface area (Å²) in [5.74, 6) is -1.08. The van der Waals surface area contributed by atoms with Gasteiger partial charge in [-0.15, -0.1) is 0 Å². The topological polar surface area (TPSA) is 97.0 Å². The van der Waals surface area contributed by atoms with Crippen LogP contribution < -0.4 is 5.32 Å². The van der Waals surface area contributed by atoms with E-state index in [0.717, 1.165) is 22.4 Å². The van der Waals surface area contributed by atoms with E-state index in [0.29, 0.717) is 6.54 Å². The molecule has 1 amide bonds. The van der Waals surface area contributed by atoms with Crippen molar-refractivity contribution in [1.82, 2.24) is 15.1 Å². The van der Waals surface area contributed by atoms with Crippen molar-refractivity contribution in [3.63, 3.8) is 0 Å². The fourth-order valence-corrected chi connectivity index (χ4v) is 2.88. The number of aromatic nitrogens is 2. The van der Waals surface area contributed by atoms with Crippen LogP contribution in [-0.2, 0) is 20.9 Å². The highest BCUT2D eigenvalue weighted by molar-refractivity contribution is 5.90. The van der Waals surface area contributed by atoms with E-state index < -0.39 is 18.5 Å². The third kappa shape index (κ3) is 6.68. The molecule has 0 spiro atoms. The molecule has 1 N–H and O–H groups in total. The maximum atomic E-state index is 12.0. The quantitative estimate of drug-likeness (QED) is 0.329. The molecule has 2 aromatic carbocycles. The van der Waals surface area contributed by atoms with E-state index in [-0.39, 0.29) is 13.0 Å². The van der Waals surface area contributed by atoms with Gasteiger partial charge in [0, 0.05) is 29.9 Å². The number of hydrogen-bond donors (Lipinski definition) is 1. The maximum absolute atomic E-state index is 12.0. The Morgan fingerprint density at radius 1 is 1.10 bits per heavy atom. The van der Waals surface area contributed by atoms with E-state index in [1.54, 1.807) is 6.08 Å². The van der Waals surface area contributed by atoms with Gasteiger partial charge in [-0.25, -0.2) is 4.79 Å². The normalized spacial score (nSPS) is 10.5. The fourth-order valence-electron chi connectivity index (χ4n) is 2.88. The van der Waals surface area contributed by atoms with Gasteiger partial charge in [0.2, 0.25) is 0 Å². The van der Waals surface area contributed by atoms with Crippen molar-refractivity contribution in [2.45, 2.75) is 13.0 Å². The molecule has 1 heterocycles. The van der Waals surface area contributed by atoms with E-state index in [1.165, 1.54) is 6.08 Å². The van der Waals surface area contributed by atoms with Crippen LogP contribution in [0.1, 0.15) is 17.5 Å². The average molecular weight is 414 g/mol. The number of nitrogens with zero attached hydrogens (tertiary/aromatic N) is 3. The highest BCUT2D eigenvalue weighted by Gasteiger charge is 2.11. The Labute approximate surface area is 180 Å². The summed E-state index contributed by atoms with van der Waals surface area (Å²) in [7, 11) is 0. The molecular formula is C24H22N4O3. The summed E-state index contributed by atoms with van der Waals surface area (Å²) in [4.78, 5) is 23.6. The first-order valence-electron chi connectivity index (χ1n) is 9.81. The summed E-state index contributed by atoms with van der Waals surface area (Å²) in [6.07, 6.45) is 4.98. The van der Waals surface area contributed by atoms with Crippen LogP contribution in [0.4, 0.5) is 0 Å². The number of nitrogens with one attached hydrogen (secondary N) is 1. The van der Waals surface area contributed by atoms with E-state index >= 15 is 0 Å². The van der Waals surface area contributed by atoms with Crippen LogP contribution in [0.2, 0.25) is 0 Å². The van der Waals surface area contributed by atoms with Gasteiger partial charge >= 0.3 is 5.97 Å². The number of benzene rings is 2. The van der Waals surface area contributed by atoms with E-state index in [9.17, 15) is 9.59 Å². The summed E-state index contributed by atoms with van der Waals surface area (Å²) in [5, 5.41) is 15.6. The van der Waals surface area contributed by atoms with Crippen molar-refractivity contribution < 1.29 is 14.3 Å². The predicted molar refractivity (Wildman–Crippen MR) is 116 cm³/mol. The van der Waals surface area contributed by atoms with Crippen LogP contribution in [0.3, 0.4) is 0 Å². The standard InChI is InChI=1S/C24H22N4O3/c25-14-7-15-26-22(29)18-31-23(30)13-12-21-17-28(16-19-8-3-1-4-9-19)27-24(21)20-10-5-2-6-11-20/h1-6,8-13,17H,7,15-16,18H2,(H,26,29)/b13-12+. The van der Waals surface area contributed by atoms with Gasteiger partial charge in [-0.1, -0.05) is 60.7 Å². The van der Waals surface area contributed by atoms with Crippen LogP contribution in [-0.4, -0.2) is 34.8 Å². The second-order valence-electron chi connectivity index (χ2n) is 6.68. The Bertz CT molecular complexity index is 1080. The summed E-state index contributed by atoms with van der Waals surface area (Å²) < 4.78 is 6.78. The zero-order valence-electron chi connectivity index (χ0n) is 16.9. The minimum atomic E-state index is -0.634. The SMILES string of the molecule is N#CCCNC(=O)COC(=O)/C=C/c1cn(Cc2ccccc2)nc1-c1ccccc1. The highest BCUT2D eigenvalue weighted by atomic mass is 16.5. The molecule has 0 unspecified atom stereocenters. The first kappa shape index (κ1) is 21.5. The van der Waals surface area contributed by atoms with E-state index in [2.05, 4.69) is 5.32 Å². The molecular weight excluding hydrogens is 392 g/mol. The Hall–Kier alpha value is -4.18. The summed E-state index contributed by atoms with van der Waals surface area (Å²) >= 11 is 0. The van der Waals surface area contributed by atoms with Gasteiger partial charge in [-0.05, 0) is 11.6 Å². The van der Waals surface area contributed by atoms with Crippen molar-refractivity contribution in [3.05, 3.63) is 84.1 Å². The molecule has 0 radical (unpaired) electrons. The summed E-state index contributed by atoms with van der Waals surface area (Å²) in [6.45, 7) is 0.430. The molecule has 0 aliphatic rings. The molecule has 3 rings (SSSR count). The summed E-state index contributed by atoms with van der Waals surface area (Å²) in [5.41, 5.74) is 3.55. The molecule has 31 heavy (non-hydrogen) atoms. The second-order valence-corrected chi connectivity index (χ2v) is 6.68. The third-order valence-corrected chi connectivity index (χ3v) is 4.33. The molecule has 0 saturated carbocycles. The lowest BCUT2D eigenvalue weighted by molar-refractivity contribution is -0.143. The number of carbonyl (C=O) groups excluding carboxylic acids is 2. The molecule has 0 aliphatic carbocycles. The Balaban J connectivity index is 1.70. The van der Waals surface area contributed by atoms with Crippen LogP contribution in [0.25, 0.3) is 17.3 Å². The van der Waals surface area contributed by atoms with Crippen LogP contribution >= 0.6 is 0 Å². The smallest absolute Gasteiger partial charge is 0.331 e. The molecule has 0 atom stereocenters. The highest BCUT2D eigenvalue weighted by Crippen LogP contribution is 2.23. The molecule has 7 heteroatoms. The zero-order valence-corrected chi connectivity index (χ0v) is 16.9. The van der Waals surface area contributed by atoms with Crippen LogP contribution in [0.15, 0.2) is 72.9 Å². The number of rotatable bonds is 9. The average Bonchev–Trinajstić information content (AvgIpc) is 3.20. The molecule has 0 fully saturated rings. The predicted octanol–water partition coefficient (Wildman–Crippen LogP) is 3.18.